The van der Waals surface area contributed by atoms with Crippen molar-refractivity contribution in [3.8, 4) is 0 Å². The summed E-state index contributed by atoms with van der Waals surface area (Å²) in [5.74, 6) is -0.459. The molecule has 1 N–H and O–H groups in total. The second-order valence-electron chi connectivity index (χ2n) is 7.46. The number of pyridine rings is 1. The number of nitrogens with zero attached hydrogens (tertiary/aromatic N) is 1. The zero-order valence-corrected chi connectivity index (χ0v) is 26.9. The quantitative estimate of drug-likeness (QED) is 0.256. The van der Waals surface area contributed by atoms with Crippen LogP contribution in [0.3, 0.4) is 0 Å². The van der Waals surface area contributed by atoms with E-state index in [-0.39, 0.29) is 61.6 Å². The van der Waals surface area contributed by atoms with Crippen LogP contribution in [0.2, 0.25) is 0 Å². The Hall–Kier alpha value is -1.29. The van der Waals surface area contributed by atoms with Gasteiger partial charge < -0.3 is 11.3 Å². The fourth-order valence-corrected chi connectivity index (χ4v) is 3.80. The molecule has 2 unspecified atom stereocenters. The van der Waals surface area contributed by atoms with Crippen LogP contribution in [0.25, 0.3) is 0 Å². The Morgan fingerprint density at radius 3 is 1.89 bits per heavy atom. The van der Waals surface area contributed by atoms with E-state index in [1.54, 1.807) is 47.2 Å². The van der Waals surface area contributed by atoms with E-state index in [9.17, 15) is 13.6 Å². The third kappa shape index (κ3) is 12.0. The molecule has 0 saturated carbocycles. The Kier molecular flexibility index (Phi) is 17.4. The number of dihydropyridines is 1. The number of rotatable bonds is 3. The molecule has 0 spiro atoms. The first kappa shape index (κ1) is 35.7. The first-order valence-electron chi connectivity index (χ1n) is 10.6. The summed E-state index contributed by atoms with van der Waals surface area (Å²) in [5.41, 5.74) is 2.81. The second-order valence-corrected chi connectivity index (χ2v) is 10.5. The van der Waals surface area contributed by atoms with Gasteiger partial charge in [0, 0.05) is 27.4 Å². The van der Waals surface area contributed by atoms with Gasteiger partial charge in [-0.3, -0.25) is 4.79 Å². The molecule has 9 heteroatoms. The first-order valence-corrected chi connectivity index (χ1v) is 13.1. The maximum atomic E-state index is 12.8. The van der Waals surface area contributed by atoms with Gasteiger partial charge in [-0.25, -0.2) is 8.78 Å². The molecular formula is C28H30Br3F2N2NaO. The van der Waals surface area contributed by atoms with Crippen LogP contribution < -0.4 is 40.4 Å². The Morgan fingerprint density at radius 2 is 1.46 bits per heavy atom. The molecule has 3 aromatic rings. The van der Waals surface area contributed by atoms with Crippen LogP contribution in [0.15, 0.2) is 111 Å². The van der Waals surface area contributed by atoms with E-state index >= 15 is 0 Å². The SMILES string of the molecule is C.C=C1NC=CC=C1Br.CC(Br)c1ccc(F)cc1.CC(c1ccc(F)cc1)n1cccc(Br)c1=O.[H-].[Na+]. The molecule has 37 heavy (non-hydrogen) atoms. The summed E-state index contributed by atoms with van der Waals surface area (Å²) in [6.45, 7) is 7.63. The average Bonchev–Trinajstić information content (AvgIpc) is 2.84. The zero-order chi connectivity index (χ0) is 26.0. The first-order chi connectivity index (χ1) is 16.6. The van der Waals surface area contributed by atoms with Gasteiger partial charge in [0.15, 0.2) is 0 Å². The molecule has 0 aliphatic carbocycles. The molecule has 1 aromatic heterocycles. The van der Waals surface area contributed by atoms with E-state index in [0.717, 1.165) is 21.3 Å². The number of alkyl halides is 1. The van der Waals surface area contributed by atoms with Gasteiger partial charge >= 0.3 is 29.6 Å². The van der Waals surface area contributed by atoms with Crippen LogP contribution in [0.4, 0.5) is 8.78 Å². The van der Waals surface area contributed by atoms with Crippen molar-refractivity contribution in [3.63, 3.8) is 0 Å². The van der Waals surface area contributed by atoms with Gasteiger partial charge in [0.05, 0.1) is 10.5 Å². The molecule has 4 rings (SSSR count). The molecule has 1 aliphatic heterocycles. The van der Waals surface area contributed by atoms with Crippen LogP contribution in [-0.2, 0) is 0 Å². The third-order valence-corrected chi connectivity index (χ3v) is 6.79. The minimum atomic E-state index is -0.275. The maximum Gasteiger partial charge on any atom is 1.00 e. The van der Waals surface area contributed by atoms with Gasteiger partial charge in [-0.15, -0.1) is 0 Å². The van der Waals surface area contributed by atoms with Crippen molar-refractivity contribution in [2.24, 2.45) is 0 Å². The number of benzene rings is 2. The summed E-state index contributed by atoms with van der Waals surface area (Å²) in [6, 6.07) is 16.0. The second kappa shape index (κ2) is 18.1. The Labute approximate surface area is 266 Å². The van der Waals surface area contributed by atoms with Crippen molar-refractivity contribution in [1.29, 1.82) is 0 Å². The van der Waals surface area contributed by atoms with Crippen LogP contribution >= 0.6 is 47.8 Å². The third-order valence-electron chi connectivity index (χ3n) is 4.91. The van der Waals surface area contributed by atoms with Gasteiger partial charge in [-0.2, -0.15) is 0 Å². The van der Waals surface area contributed by atoms with E-state index in [2.05, 4.69) is 59.7 Å². The minimum Gasteiger partial charge on any atom is -1.00 e. The Balaban J connectivity index is 0. The van der Waals surface area contributed by atoms with Gasteiger partial charge in [0.25, 0.3) is 5.56 Å². The van der Waals surface area contributed by atoms with E-state index in [4.69, 9.17) is 0 Å². The normalized spacial score (nSPS) is 13.1. The van der Waals surface area contributed by atoms with Crippen LogP contribution in [0.1, 0.15) is 44.7 Å². The van der Waals surface area contributed by atoms with E-state index in [1.165, 1.54) is 24.3 Å². The molecule has 2 aromatic carbocycles. The molecule has 0 amide bonds. The summed E-state index contributed by atoms with van der Waals surface area (Å²) in [4.78, 5) is 12.2. The van der Waals surface area contributed by atoms with Crippen molar-refractivity contribution in [2.75, 3.05) is 0 Å². The molecule has 1 aliphatic rings. The number of hydrogen-bond donors (Lipinski definition) is 1. The molecular weight excluding hydrogens is 681 g/mol. The number of allylic oxidation sites excluding steroid dienone is 3. The number of aromatic nitrogens is 1. The minimum absolute atomic E-state index is 0. The zero-order valence-electron chi connectivity index (χ0n) is 21.2. The largest absolute Gasteiger partial charge is 1.00 e. The molecule has 2 heterocycles. The van der Waals surface area contributed by atoms with Gasteiger partial charge in [-0.05, 0) is 105 Å². The van der Waals surface area contributed by atoms with Crippen molar-refractivity contribution < 1.29 is 39.8 Å². The van der Waals surface area contributed by atoms with Gasteiger partial charge in [0.2, 0.25) is 0 Å². The van der Waals surface area contributed by atoms with Crippen molar-refractivity contribution >= 4 is 47.8 Å². The molecule has 0 saturated heterocycles. The monoisotopic (exact) mass is 708 g/mol. The maximum absolute atomic E-state index is 12.8. The predicted octanol–water partition coefficient (Wildman–Crippen LogP) is 6.29. The molecule has 3 nitrogen and oxygen atoms in total. The van der Waals surface area contributed by atoms with E-state index in [0.29, 0.717) is 9.30 Å². The number of halogens is 5. The van der Waals surface area contributed by atoms with Crippen LogP contribution in [0.5, 0.6) is 0 Å². The topological polar surface area (TPSA) is 34.0 Å². The average molecular weight is 711 g/mol. The molecule has 0 radical (unpaired) electrons. The van der Waals surface area contributed by atoms with Crippen molar-refractivity contribution in [1.82, 2.24) is 9.88 Å². The molecule has 0 bridgehead atoms. The summed E-state index contributed by atoms with van der Waals surface area (Å²) in [6.07, 6.45) is 7.42. The van der Waals surface area contributed by atoms with Gasteiger partial charge in [-0.1, -0.05) is 54.2 Å². The van der Waals surface area contributed by atoms with E-state index < -0.39 is 0 Å². The summed E-state index contributed by atoms with van der Waals surface area (Å²) < 4.78 is 28.3. The van der Waals surface area contributed by atoms with E-state index in [1.807, 2.05) is 32.2 Å². The molecule has 194 valence electrons. The Bertz CT molecular complexity index is 1250. The fraction of sp³-hybridized carbons (Fsp3) is 0.179. The summed E-state index contributed by atoms with van der Waals surface area (Å²) in [5, 5.41) is 2.94. The number of hydrogen-bond acceptors (Lipinski definition) is 2. The van der Waals surface area contributed by atoms with Gasteiger partial charge in [0.1, 0.15) is 11.6 Å². The molecule has 0 fully saturated rings. The van der Waals surface area contributed by atoms with Crippen LogP contribution in [0, 0.1) is 11.6 Å². The predicted molar refractivity (Wildman–Crippen MR) is 159 cm³/mol. The smallest absolute Gasteiger partial charge is 1.00 e. The summed E-state index contributed by atoms with van der Waals surface area (Å²) >= 11 is 9.89. The molecule has 2 atom stereocenters. The summed E-state index contributed by atoms with van der Waals surface area (Å²) in [7, 11) is 0. The van der Waals surface area contributed by atoms with Crippen LogP contribution in [-0.4, -0.2) is 4.57 Å². The number of nitrogens with one attached hydrogen (secondary N) is 1. The van der Waals surface area contributed by atoms with Crippen molar-refractivity contribution in [3.05, 3.63) is 140 Å². The standard InChI is InChI=1S/C13H11BrFNO.C8H8BrF.C6H6BrN.CH4.Na.H/c1-9(10-4-6-11(15)7-5-10)16-8-2-3-12(14)13(16)17;1-6(9)7-2-4-8(10)5-3-7;1-5-6(7)3-2-4-8-5;;;/h2-9H,1H3;2-6H,1H3;2-4,8H,1H2;1H4;;/q;;;;+1;-1. The Morgan fingerprint density at radius 1 is 0.946 bits per heavy atom. The fourth-order valence-electron chi connectivity index (χ4n) is 2.87. The van der Waals surface area contributed by atoms with Crippen molar-refractivity contribution in [2.45, 2.75) is 32.1 Å².